The van der Waals surface area contributed by atoms with E-state index in [1.54, 1.807) is 26.1 Å². The summed E-state index contributed by atoms with van der Waals surface area (Å²) in [6.45, 7) is 3.74. The molecule has 0 aliphatic heterocycles. The molecule has 1 amide bonds. The molecule has 0 aliphatic rings. The Bertz CT molecular complexity index is 504. The Kier molecular flexibility index (Phi) is 6.05. The number of ether oxygens (including phenoxy) is 3. The van der Waals surface area contributed by atoms with Crippen molar-refractivity contribution in [1.82, 2.24) is 0 Å². The molecule has 0 aliphatic carbocycles. The molecule has 0 saturated heterocycles. The van der Waals surface area contributed by atoms with Crippen LogP contribution in [-0.4, -0.2) is 39.8 Å². The number of carbonyl (C=O) groups is 1. The molecule has 124 valence electrons. The number of amides is 1. The summed E-state index contributed by atoms with van der Waals surface area (Å²) in [6.07, 6.45) is 1.45. The molecule has 2 N–H and O–H groups in total. The maximum absolute atomic E-state index is 12.6. The van der Waals surface area contributed by atoms with Crippen molar-refractivity contribution in [2.24, 2.45) is 5.73 Å². The highest BCUT2D eigenvalue weighted by molar-refractivity contribution is 5.99. The van der Waals surface area contributed by atoms with Crippen molar-refractivity contribution < 1.29 is 19.0 Å². The van der Waals surface area contributed by atoms with E-state index in [4.69, 9.17) is 19.9 Å². The van der Waals surface area contributed by atoms with Crippen LogP contribution >= 0.6 is 0 Å². The van der Waals surface area contributed by atoms with Gasteiger partial charge in [-0.15, -0.1) is 0 Å². The molecular weight excluding hydrogens is 284 g/mol. The van der Waals surface area contributed by atoms with Crippen molar-refractivity contribution in [2.45, 2.75) is 32.2 Å². The third-order valence-corrected chi connectivity index (χ3v) is 3.60. The van der Waals surface area contributed by atoms with Crippen LogP contribution in [0.4, 0.5) is 5.69 Å². The fourth-order valence-electron chi connectivity index (χ4n) is 2.39. The zero-order valence-corrected chi connectivity index (χ0v) is 14.2. The molecule has 1 atom stereocenters. The minimum absolute atomic E-state index is 0.163. The second-order valence-electron chi connectivity index (χ2n) is 5.42. The summed E-state index contributed by atoms with van der Waals surface area (Å²) in [4.78, 5) is 14.1. The molecule has 1 unspecified atom stereocenters. The van der Waals surface area contributed by atoms with Crippen molar-refractivity contribution in [3.05, 3.63) is 12.1 Å². The van der Waals surface area contributed by atoms with Crippen LogP contribution in [0.2, 0.25) is 0 Å². The predicted octanol–water partition coefficient (Wildman–Crippen LogP) is 2.19. The first kappa shape index (κ1) is 18.1. The van der Waals surface area contributed by atoms with Gasteiger partial charge >= 0.3 is 0 Å². The molecule has 0 bridgehead atoms. The smallest absolute Gasteiger partial charge is 0.246 e. The first-order valence-corrected chi connectivity index (χ1v) is 7.19. The number of rotatable bonds is 7. The molecule has 0 heterocycles. The van der Waals surface area contributed by atoms with Crippen LogP contribution in [0.5, 0.6) is 17.2 Å². The standard InChI is InChI=1S/C16H26N2O4/c1-7-8-16(2,17)15(19)18(3)11-9-12(20-4)14(22-6)13(10-11)21-5/h9-10H,7-8,17H2,1-6H3. The van der Waals surface area contributed by atoms with Crippen molar-refractivity contribution >= 4 is 11.6 Å². The molecule has 0 radical (unpaired) electrons. The number of likely N-dealkylation sites (N-methyl/N-ethyl adjacent to an activating group) is 1. The summed E-state index contributed by atoms with van der Waals surface area (Å²) in [5.41, 5.74) is 5.85. The van der Waals surface area contributed by atoms with Gasteiger partial charge in [0.2, 0.25) is 11.7 Å². The first-order valence-electron chi connectivity index (χ1n) is 7.19. The number of hydrogen-bond donors (Lipinski definition) is 1. The van der Waals surface area contributed by atoms with Gasteiger partial charge in [-0.2, -0.15) is 0 Å². The second kappa shape index (κ2) is 7.35. The van der Waals surface area contributed by atoms with Gasteiger partial charge in [0.1, 0.15) is 0 Å². The monoisotopic (exact) mass is 310 g/mol. The lowest BCUT2D eigenvalue weighted by Gasteiger charge is -2.29. The Morgan fingerprint density at radius 2 is 1.68 bits per heavy atom. The van der Waals surface area contributed by atoms with E-state index in [2.05, 4.69) is 0 Å². The maximum Gasteiger partial charge on any atom is 0.246 e. The van der Waals surface area contributed by atoms with E-state index < -0.39 is 5.54 Å². The van der Waals surface area contributed by atoms with Gasteiger partial charge in [0, 0.05) is 19.2 Å². The highest BCUT2D eigenvalue weighted by atomic mass is 16.5. The number of anilines is 1. The molecule has 6 heteroatoms. The van der Waals surface area contributed by atoms with E-state index in [0.717, 1.165) is 6.42 Å². The summed E-state index contributed by atoms with van der Waals surface area (Å²) < 4.78 is 15.9. The summed E-state index contributed by atoms with van der Waals surface area (Å²) in [6, 6.07) is 3.45. The van der Waals surface area contributed by atoms with Crippen molar-refractivity contribution in [1.29, 1.82) is 0 Å². The van der Waals surface area contributed by atoms with Crippen LogP contribution in [0.25, 0.3) is 0 Å². The fourth-order valence-corrected chi connectivity index (χ4v) is 2.39. The Morgan fingerprint density at radius 3 is 2.05 bits per heavy atom. The van der Waals surface area contributed by atoms with Gasteiger partial charge in [0.15, 0.2) is 11.5 Å². The zero-order valence-electron chi connectivity index (χ0n) is 14.2. The number of nitrogens with two attached hydrogens (primary N) is 1. The van der Waals surface area contributed by atoms with Crippen molar-refractivity contribution in [2.75, 3.05) is 33.3 Å². The van der Waals surface area contributed by atoms with E-state index in [9.17, 15) is 4.79 Å². The van der Waals surface area contributed by atoms with Crippen LogP contribution in [0, 0.1) is 0 Å². The highest BCUT2D eigenvalue weighted by Crippen LogP contribution is 2.41. The van der Waals surface area contributed by atoms with Crippen LogP contribution in [0.3, 0.4) is 0 Å². The van der Waals surface area contributed by atoms with Crippen LogP contribution in [0.1, 0.15) is 26.7 Å². The van der Waals surface area contributed by atoms with Gasteiger partial charge < -0.3 is 24.8 Å². The van der Waals surface area contributed by atoms with Gasteiger partial charge in [-0.3, -0.25) is 4.79 Å². The van der Waals surface area contributed by atoms with Gasteiger partial charge in [-0.25, -0.2) is 0 Å². The second-order valence-corrected chi connectivity index (χ2v) is 5.42. The number of benzene rings is 1. The Labute approximate surface area is 132 Å². The maximum atomic E-state index is 12.6. The molecule has 22 heavy (non-hydrogen) atoms. The Balaban J connectivity index is 3.23. The molecule has 6 nitrogen and oxygen atoms in total. The number of nitrogens with zero attached hydrogens (tertiary/aromatic N) is 1. The third-order valence-electron chi connectivity index (χ3n) is 3.60. The molecule has 0 spiro atoms. The van der Waals surface area contributed by atoms with Crippen molar-refractivity contribution in [3.8, 4) is 17.2 Å². The first-order chi connectivity index (χ1) is 10.3. The Morgan fingerprint density at radius 1 is 1.18 bits per heavy atom. The topological polar surface area (TPSA) is 74.0 Å². The third kappa shape index (κ3) is 3.62. The Hall–Kier alpha value is -1.95. The summed E-state index contributed by atoms with van der Waals surface area (Å²) in [5.74, 6) is 1.30. The molecule has 1 aromatic carbocycles. The largest absolute Gasteiger partial charge is 0.493 e. The van der Waals surface area contributed by atoms with Crippen LogP contribution < -0.4 is 24.8 Å². The van der Waals surface area contributed by atoms with Gasteiger partial charge in [-0.1, -0.05) is 13.3 Å². The molecule has 0 aromatic heterocycles. The molecular formula is C16H26N2O4. The van der Waals surface area contributed by atoms with E-state index >= 15 is 0 Å². The zero-order chi connectivity index (χ0) is 16.9. The lowest BCUT2D eigenvalue weighted by Crippen LogP contribution is -2.52. The average molecular weight is 310 g/mol. The van der Waals surface area contributed by atoms with Crippen LogP contribution in [0.15, 0.2) is 12.1 Å². The van der Waals surface area contributed by atoms with E-state index in [1.807, 2.05) is 6.92 Å². The fraction of sp³-hybridized carbons (Fsp3) is 0.562. The molecule has 1 rings (SSSR count). The predicted molar refractivity (Wildman–Crippen MR) is 87.0 cm³/mol. The summed E-state index contributed by atoms with van der Waals surface area (Å²) >= 11 is 0. The van der Waals surface area contributed by atoms with Crippen LogP contribution in [-0.2, 0) is 4.79 Å². The minimum atomic E-state index is -0.913. The van der Waals surface area contributed by atoms with Gasteiger partial charge in [0.25, 0.3) is 0 Å². The van der Waals surface area contributed by atoms with E-state index in [-0.39, 0.29) is 5.91 Å². The van der Waals surface area contributed by atoms with E-state index in [1.165, 1.54) is 26.2 Å². The number of carbonyl (C=O) groups excluding carboxylic acids is 1. The molecule has 0 fully saturated rings. The number of methoxy groups -OCH3 is 3. The normalized spacial score (nSPS) is 13.2. The van der Waals surface area contributed by atoms with E-state index in [0.29, 0.717) is 29.4 Å². The van der Waals surface area contributed by atoms with Gasteiger partial charge in [-0.05, 0) is 13.3 Å². The van der Waals surface area contributed by atoms with Gasteiger partial charge in [0.05, 0.1) is 32.6 Å². The lowest BCUT2D eigenvalue weighted by atomic mass is 9.95. The van der Waals surface area contributed by atoms with Crippen molar-refractivity contribution in [3.63, 3.8) is 0 Å². The highest BCUT2D eigenvalue weighted by Gasteiger charge is 2.31. The lowest BCUT2D eigenvalue weighted by molar-refractivity contribution is -0.123. The molecule has 0 saturated carbocycles. The quantitative estimate of drug-likeness (QED) is 0.835. The number of hydrogen-bond acceptors (Lipinski definition) is 5. The summed E-state index contributed by atoms with van der Waals surface area (Å²) in [7, 11) is 6.29. The minimum Gasteiger partial charge on any atom is -0.493 e. The summed E-state index contributed by atoms with van der Waals surface area (Å²) in [5, 5.41) is 0. The molecule has 1 aromatic rings. The SMILES string of the molecule is CCCC(C)(N)C(=O)N(C)c1cc(OC)c(OC)c(OC)c1. The average Bonchev–Trinajstić information content (AvgIpc) is 2.51.